The highest BCUT2D eigenvalue weighted by molar-refractivity contribution is 6.04. The highest BCUT2D eigenvalue weighted by atomic mass is 16.6. The van der Waals surface area contributed by atoms with Crippen LogP contribution >= 0.6 is 0 Å². The fraction of sp³-hybridized carbons (Fsp3) is 0.286. The number of nitrogens with zero attached hydrogens (tertiary/aromatic N) is 1. The molecule has 2 heterocycles. The van der Waals surface area contributed by atoms with E-state index in [9.17, 15) is 14.9 Å². The summed E-state index contributed by atoms with van der Waals surface area (Å²) in [6.45, 7) is 3.92. The molecule has 1 aliphatic heterocycles. The zero-order valence-corrected chi connectivity index (χ0v) is 16.4. The van der Waals surface area contributed by atoms with Crippen molar-refractivity contribution in [3.63, 3.8) is 0 Å². The molecule has 2 aromatic carbocycles. The molecule has 0 radical (unpaired) electrons. The second-order valence-corrected chi connectivity index (χ2v) is 6.88. The Morgan fingerprint density at radius 2 is 2.13 bits per heavy atom. The minimum Gasteiger partial charge on any atom is -0.461 e. The first-order chi connectivity index (χ1) is 14.6. The Morgan fingerprint density at radius 1 is 1.30 bits per heavy atom. The van der Waals surface area contributed by atoms with E-state index in [2.05, 4.69) is 15.6 Å². The van der Waals surface area contributed by atoms with Crippen LogP contribution in [0.15, 0.2) is 42.5 Å². The summed E-state index contributed by atoms with van der Waals surface area (Å²) in [6.07, 6.45) is 0. The number of esters is 1. The van der Waals surface area contributed by atoms with Crippen molar-refractivity contribution in [1.82, 2.24) is 10.3 Å². The molecule has 0 bridgehead atoms. The van der Waals surface area contributed by atoms with Crippen molar-refractivity contribution < 1.29 is 19.2 Å². The SMILES string of the molecule is CCOC(=O)c1cc2c(Nc3ccccc3C3COCCN3)ccc([N+](=O)[O-])c2[nH]1. The van der Waals surface area contributed by atoms with Gasteiger partial charge in [0.05, 0.1) is 30.8 Å². The van der Waals surface area contributed by atoms with Gasteiger partial charge in [-0.05, 0) is 30.7 Å². The van der Waals surface area contributed by atoms with E-state index in [0.717, 1.165) is 17.8 Å². The molecule has 1 unspecified atom stereocenters. The van der Waals surface area contributed by atoms with Gasteiger partial charge in [0.25, 0.3) is 5.69 Å². The lowest BCUT2D eigenvalue weighted by molar-refractivity contribution is -0.383. The third-order valence-electron chi connectivity index (χ3n) is 4.99. The van der Waals surface area contributed by atoms with Gasteiger partial charge in [0, 0.05) is 29.4 Å². The lowest BCUT2D eigenvalue weighted by Gasteiger charge is -2.26. The summed E-state index contributed by atoms with van der Waals surface area (Å²) in [6, 6.07) is 12.5. The number of morpholine rings is 1. The highest BCUT2D eigenvalue weighted by Crippen LogP contribution is 2.35. The normalized spacial score (nSPS) is 16.4. The average molecular weight is 410 g/mol. The number of ether oxygens (including phenoxy) is 2. The lowest BCUT2D eigenvalue weighted by Crippen LogP contribution is -2.34. The highest BCUT2D eigenvalue weighted by Gasteiger charge is 2.22. The molecule has 1 fully saturated rings. The number of H-pyrrole nitrogens is 1. The van der Waals surface area contributed by atoms with E-state index in [0.29, 0.717) is 24.3 Å². The quantitative estimate of drug-likeness (QED) is 0.322. The molecule has 0 spiro atoms. The Labute approximate surface area is 172 Å². The van der Waals surface area contributed by atoms with Crippen LogP contribution in [0.2, 0.25) is 0 Å². The van der Waals surface area contributed by atoms with Gasteiger partial charge in [0.15, 0.2) is 0 Å². The number of aromatic nitrogens is 1. The molecule has 3 N–H and O–H groups in total. The zero-order chi connectivity index (χ0) is 21.1. The second kappa shape index (κ2) is 8.52. The lowest BCUT2D eigenvalue weighted by atomic mass is 10.0. The molecule has 1 aliphatic rings. The van der Waals surface area contributed by atoms with Crippen LogP contribution in [-0.4, -0.2) is 42.2 Å². The van der Waals surface area contributed by atoms with Crippen molar-refractivity contribution in [2.24, 2.45) is 0 Å². The monoisotopic (exact) mass is 410 g/mol. The summed E-state index contributed by atoms with van der Waals surface area (Å²) in [5, 5.41) is 18.8. The number of aromatic amines is 1. The first-order valence-corrected chi connectivity index (χ1v) is 9.72. The fourth-order valence-corrected chi connectivity index (χ4v) is 3.61. The molecule has 9 heteroatoms. The molecule has 9 nitrogen and oxygen atoms in total. The van der Waals surface area contributed by atoms with Crippen molar-refractivity contribution >= 4 is 33.9 Å². The van der Waals surface area contributed by atoms with E-state index in [1.54, 1.807) is 19.1 Å². The number of carbonyl (C=O) groups excluding carboxylic acids is 1. The fourth-order valence-electron chi connectivity index (χ4n) is 3.61. The smallest absolute Gasteiger partial charge is 0.354 e. The topological polar surface area (TPSA) is 119 Å². The number of fused-ring (bicyclic) bond motifs is 1. The third-order valence-corrected chi connectivity index (χ3v) is 4.99. The van der Waals surface area contributed by atoms with Crippen LogP contribution in [0, 0.1) is 10.1 Å². The molecule has 156 valence electrons. The van der Waals surface area contributed by atoms with E-state index < -0.39 is 10.9 Å². The van der Waals surface area contributed by atoms with Gasteiger partial charge in [-0.3, -0.25) is 10.1 Å². The summed E-state index contributed by atoms with van der Waals surface area (Å²) in [5.41, 5.74) is 2.86. The maximum atomic E-state index is 12.2. The Hall–Kier alpha value is -3.43. The van der Waals surface area contributed by atoms with Crippen LogP contribution in [0.3, 0.4) is 0 Å². The summed E-state index contributed by atoms with van der Waals surface area (Å²) in [7, 11) is 0. The van der Waals surface area contributed by atoms with E-state index in [1.165, 1.54) is 6.07 Å². The number of rotatable bonds is 6. The summed E-state index contributed by atoms with van der Waals surface area (Å²) in [5.74, 6) is -0.557. The number of hydrogen-bond donors (Lipinski definition) is 3. The van der Waals surface area contributed by atoms with E-state index in [-0.39, 0.29) is 29.5 Å². The number of para-hydroxylation sites is 1. The summed E-state index contributed by atoms with van der Waals surface area (Å²) in [4.78, 5) is 26.0. The maximum Gasteiger partial charge on any atom is 0.354 e. The Kier molecular flexibility index (Phi) is 5.64. The first kappa shape index (κ1) is 19.9. The van der Waals surface area contributed by atoms with Crippen LogP contribution in [0.5, 0.6) is 0 Å². The molecule has 3 aromatic rings. The number of carbonyl (C=O) groups is 1. The van der Waals surface area contributed by atoms with Crippen LogP contribution < -0.4 is 10.6 Å². The average Bonchev–Trinajstić information content (AvgIpc) is 3.21. The van der Waals surface area contributed by atoms with E-state index >= 15 is 0 Å². The molecule has 0 saturated carbocycles. The minimum atomic E-state index is -0.557. The molecule has 1 aromatic heterocycles. The van der Waals surface area contributed by atoms with Crippen LogP contribution in [0.25, 0.3) is 10.9 Å². The zero-order valence-electron chi connectivity index (χ0n) is 16.4. The Balaban J connectivity index is 1.76. The number of benzene rings is 2. The van der Waals surface area contributed by atoms with Crippen molar-refractivity contribution in [1.29, 1.82) is 0 Å². The number of nitro benzene ring substituents is 1. The molecular weight excluding hydrogens is 388 g/mol. The molecule has 30 heavy (non-hydrogen) atoms. The minimum absolute atomic E-state index is 0.0392. The number of nitrogens with one attached hydrogen (secondary N) is 3. The van der Waals surface area contributed by atoms with Crippen molar-refractivity contribution in [2.75, 3.05) is 31.7 Å². The van der Waals surface area contributed by atoms with Crippen LogP contribution in [0.1, 0.15) is 29.0 Å². The maximum absolute atomic E-state index is 12.2. The summed E-state index contributed by atoms with van der Waals surface area (Å²) < 4.78 is 10.6. The molecule has 4 rings (SSSR count). The number of anilines is 2. The Morgan fingerprint density at radius 3 is 2.87 bits per heavy atom. The van der Waals surface area contributed by atoms with Crippen LogP contribution in [-0.2, 0) is 9.47 Å². The van der Waals surface area contributed by atoms with Crippen molar-refractivity contribution in [2.45, 2.75) is 13.0 Å². The van der Waals surface area contributed by atoms with Gasteiger partial charge in [-0.25, -0.2) is 4.79 Å². The third kappa shape index (κ3) is 3.85. The number of nitro groups is 1. The van der Waals surface area contributed by atoms with Gasteiger partial charge in [0.1, 0.15) is 11.2 Å². The number of hydrogen-bond acceptors (Lipinski definition) is 7. The van der Waals surface area contributed by atoms with Crippen molar-refractivity contribution in [3.8, 4) is 0 Å². The predicted molar refractivity (Wildman–Crippen MR) is 112 cm³/mol. The largest absolute Gasteiger partial charge is 0.461 e. The van der Waals surface area contributed by atoms with E-state index in [4.69, 9.17) is 9.47 Å². The van der Waals surface area contributed by atoms with Gasteiger partial charge < -0.3 is 25.1 Å². The van der Waals surface area contributed by atoms with Crippen molar-refractivity contribution in [3.05, 3.63) is 63.8 Å². The van der Waals surface area contributed by atoms with Gasteiger partial charge in [-0.2, -0.15) is 0 Å². The van der Waals surface area contributed by atoms with Gasteiger partial charge in [0.2, 0.25) is 0 Å². The van der Waals surface area contributed by atoms with Gasteiger partial charge >= 0.3 is 5.97 Å². The second-order valence-electron chi connectivity index (χ2n) is 6.88. The standard InChI is InChI=1S/C21H22N4O5/c1-2-30-21(26)17-11-14-16(7-8-19(25(27)28)20(14)24-17)23-15-6-4-3-5-13(15)18-12-29-10-9-22-18/h3-8,11,18,22-24H,2,9-10,12H2,1H3. The predicted octanol–water partition coefficient (Wildman–Crippen LogP) is 3.66. The first-order valence-electron chi connectivity index (χ1n) is 9.72. The molecule has 0 amide bonds. The van der Waals surface area contributed by atoms with Gasteiger partial charge in [-0.1, -0.05) is 18.2 Å². The molecule has 0 aliphatic carbocycles. The number of non-ortho nitro benzene ring substituents is 1. The van der Waals surface area contributed by atoms with Gasteiger partial charge in [-0.15, -0.1) is 0 Å². The molecule has 1 atom stereocenters. The molecular formula is C21H22N4O5. The summed E-state index contributed by atoms with van der Waals surface area (Å²) >= 11 is 0. The van der Waals surface area contributed by atoms with E-state index in [1.807, 2.05) is 24.3 Å². The molecule has 1 saturated heterocycles. The van der Waals surface area contributed by atoms with Crippen LogP contribution in [0.4, 0.5) is 17.1 Å². The Bertz CT molecular complexity index is 1090.